The molecule has 0 fully saturated rings. The second kappa shape index (κ2) is 49.8. The first-order valence-electron chi connectivity index (χ1n) is 25.8. The van der Waals surface area contributed by atoms with E-state index in [0.717, 1.165) is 70.6 Å². The van der Waals surface area contributed by atoms with Crippen LogP contribution in [0.3, 0.4) is 0 Å². The van der Waals surface area contributed by atoms with Crippen molar-refractivity contribution in [1.29, 1.82) is 0 Å². The maximum absolute atomic E-state index is 12.8. The Kier molecular flexibility index (Phi) is 47.4. The highest BCUT2D eigenvalue weighted by atomic mass is 16.6. The largest absolute Gasteiger partial charge is 0.462 e. The summed E-state index contributed by atoms with van der Waals surface area (Å²) in [4.78, 5) is 37.9. The van der Waals surface area contributed by atoms with E-state index in [9.17, 15) is 14.4 Å². The fraction of sp³-hybridized carbons (Fsp3) is 0.764. The molecule has 352 valence electrons. The summed E-state index contributed by atoms with van der Waals surface area (Å²) in [6.07, 6.45) is 60.6. The predicted molar refractivity (Wildman–Crippen MR) is 261 cm³/mol. The second-order valence-corrected chi connectivity index (χ2v) is 17.1. The standard InChI is InChI=1S/C55H96O6/c1-4-7-10-13-16-19-22-24-26-27-29-31-34-36-39-42-45-48-54(57)60-51-52(61-55(58)49-46-43-40-37-32-21-18-15-12-9-6-3)50-59-53(56)47-44-41-38-35-33-30-28-25-23-20-17-14-11-8-5-2/h16,19,24-26,28-29,31,36,39,52H,4-15,17-18,20-23,27,30,32-35,37-38,40-51H2,1-3H3. The van der Waals surface area contributed by atoms with Crippen molar-refractivity contribution in [2.75, 3.05) is 13.2 Å². The molecule has 0 aliphatic rings. The highest BCUT2D eigenvalue weighted by Gasteiger charge is 2.19. The number of allylic oxidation sites excluding steroid dienone is 10. The van der Waals surface area contributed by atoms with Gasteiger partial charge in [0.15, 0.2) is 6.10 Å². The SMILES string of the molecule is CCCCCC=CCC=CCC=CCC=CCCCC(=O)OCC(COC(=O)CCCCCCCC=CCCCCCCCC)OC(=O)CCCCCCCCCCCCC. The minimum atomic E-state index is -0.796. The van der Waals surface area contributed by atoms with Crippen LogP contribution in [0.1, 0.15) is 252 Å². The van der Waals surface area contributed by atoms with Gasteiger partial charge in [0, 0.05) is 19.3 Å². The lowest BCUT2D eigenvalue weighted by Gasteiger charge is -2.18. The Balaban J connectivity index is 4.44. The van der Waals surface area contributed by atoms with Crippen molar-refractivity contribution in [2.24, 2.45) is 0 Å². The molecule has 0 rings (SSSR count). The second-order valence-electron chi connectivity index (χ2n) is 17.1. The number of carbonyl (C=O) groups is 3. The van der Waals surface area contributed by atoms with Crippen molar-refractivity contribution in [3.05, 3.63) is 60.8 Å². The minimum Gasteiger partial charge on any atom is -0.462 e. The van der Waals surface area contributed by atoms with E-state index in [2.05, 4.69) is 81.5 Å². The maximum Gasteiger partial charge on any atom is 0.306 e. The number of unbranched alkanes of at least 4 members (excludes halogenated alkanes) is 25. The van der Waals surface area contributed by atoms with Gasteiger partial charge in [0.25, 0.3) is 0 Å². The Labute approximate surface area is 377 Å². The predicted octanol–water partition coefficient (Wildman–Crippen LogP) is 16.9. The van der Waals surface area contributed by atoms with Gasteiger partial charge < -0.3 is 14.2 Å². The first-order valence-corrected chi connectivity index (χ1v) is 25.8. The van der Waals surface area contributed by atoms with Gasteiger partial charge in [0.2, 0.25) is 0 Å². The zero-order valence-corrected chi connectivity index (χ0v) is 40.2. The summed E-state index contributed by atoms with van der Waals surface area (Å²) in [5.41, 5.74) is 0. The van der Waals surface area contributed by atoms with Gasteiger partial charge in [0.05, 0.1) is 0 Å². The van der Waals surface area contributed by atoms with E-state index in [-0.39, 0.29) is 37.5 Å². The molecule has 61 heavy (non-hydrogen) atoms. The molecule has 0 spiro atoms. The molecule has 0 N–H and O–H groups in total. The fourth-order valence-corrected chi connectivity index (χ4v) is 7.08. The molecule has 0 aromatic rings. The molecule has 0 radical (unpaired) electrons. The van der Waals surface area contributed by atoms with Gasteiger partial charge in [-0.25, -0.2) is 0 Å². The van der Waals surface area contributed by atoms with Crippen molar-refractivity contribution in [2.45, 2.75) is 258 Å². The summed E-state index contributed by atoms with van der Waals surface area (Å²) < 4.78 is 16.7. The van der Waals surface area contributed by atoms with Gasteiger partial charge in [-0.3, -0.25) is 14.4 Å². The lowest BCUT2D eigenvalue weighted by atomic mass is 10.1. The number of esters is 3. The van der Waals surface area contributed by atoms with Crippen molar-refractivity contribution < 1.29 is 28.6 Å². The third-order valence-electron chi connectivity index (χ3n) is 11.0. The summed E-state index contributed by atoms with van der Waals surface area (Å²) in [6, 6.07) is 0. The summed E-state index contributed by atoms with van der Waals surface area (Å²) in [7, 11) is 0. The average Bonchev–Trinajstić information content (AvgIpc) is 3.26. The van der Waals surface area contributed by atoms with Crippen LogP contribution in [0, 0.1) is 0 Å². The zero-order valence-electron chi connectivity index (χ0n) is 40.2. The quantitative estimate of drug-likeness (QED) is 0.0263. The molecule has 6 heteroatoms. The fourth-order valence-electron chi connectivity index (χ4n) is 7.08. The Hall–Kier alpha value is -2.89. The molecule has 0 aromatic carbocycles. The summed E-state index contributed by atoms with van der Waals surface area (Å²) in [6.45, 7) is 6.55. The van der Waals surface area contributed by atoms with Gasteiger partial charge in [-0.2, -0.15) is 0 Å². The van der Waals surface area contributed by atoms with Crippen LogP contribution in [0.4, 0.5) is 0 Å². The van der Waals surface area contributed by atoms with Crippen molar-refractivity contribution in [3.63, 3.8) is 0 Å². The van der Waals surface area contributed by atoms with Crippen LogP contribution < -0.4 is 0 Å². The molecule has 0 amide bonds. The Morgan fingerprint density at radius 1 is 0.328 bits per heavy atom. The molecule has 0 bridgehead atoms. The number of hydrogen-bond donors (Lipinski definition) is 0. The van der Waals surface area contributed by atoms with Gasteiger partial charge in [-0.05, 0) is 83.5 Å². The summed E-state index contributed by atoms with van der Waals surface area (Å²) >= 11 is 0. The summed E-state index contributed by atoms with van der Waals surface area (Å²) in [5, 5.41) is 0. The molecule has 0 aliphatic heterocycles. The first kappa shape index (κ1) is 58.1. The van der Waals surface area contributed by atoms with Gasteiger partial charge in [0.1, 0.15) is 13.2 Å². The number of hydrogen-bond acceptors (Lipinski definition) is 6. The lowest BCUT2D eigenvalue weighted by molar-refractivity contribution is -0.167. The van der Waals surface area contributed by atoms with E-state index < -0.39 is 6.10 Å². The lowest BCUT2D eigenvalue weighted by Crippen LogP contribution is -2.30. The monoisotopic (exact) mass is 853 g/mol. The highest BCUT2D eigenvalue weighted by Crippen LogP contribution is 2.14. The van der Waals surface area contributed by atoms with E-state index in [4.69, 9.17) is 14.2 Å². The molecule has 0 aromatic heterocycles. The van der Waals surface area contributed by atoms with Crippen LogP contribution >= 0.6 is 0 Å². The molecule has 0 saturated heterocycles. The molecule has 1 atom stereocenters. The van der Waals surface area contributed by atoms with Crippen molar-refractivity contribution >= 4 is 17.9 Å². The van der Waals surface area contributed by atoms with Crippen LogP contribution in [0.2, 0.25) is 0 Å². The molecule has 1 unspecified atom stereocenters. The molecule has 6 nitrogen and oxygen atoms in total. The molecule has 0 heterocycles. The van der Waals surface area contributed by atoms with E-state index in [0.29, 0.717) is 19.3 Å². The summed E-state index contributed by atoms with van der Waals surface area (Å²) in [5.74, 6) is -0.956. The third kappa shape index (κ3) is 48.0. The molecular weight excluding hydrogens is 757 g/mol. The van der Waals surface area contributed by atoms with E-state index >= 15 is 0 Å². The van der Waals surface area contributed by atoms with Crippen LogP contribution in [0.15, 0.2) is 60.8 Å². The van der Waals surface area contributed by atoms with E-state index in [1.165, 1.54) is 135 Å². The van der Waals surface area contributed by atoms with Gasteiger partial charge in [-0.15, -0.1) is 0 Å². The maximum atomic E-state index is 12.8. The molecular formula is C55H96O6. The zero-order chi connectivity index (χ0) is 44.4. The van der Waals surface area contributed by atoms with E-state index in [1.807, 2.05) is 0 Å². The smallest absolute Gasteiger partial charge is 0.306 e. The Bertz CT molecular complexity index is 1120. The van der Waals surface area contributed by atoms with Gasteiger partial charge >= 0.3 is 17.9 Å². The van der Waals surface area contributed by atoms with Crippen LogP contribution in [0.5, 0.6) is 0 Å². The number of ether oxygens (including phenoxy) is 3. The third-order valence-corrected chi connectivity index (χ3v) is 11.0. The van der Waals surface area contributed by atoms with Crippen molar-refractivity contribution in [3.8, 4) is 0 Å². The highest BCUT2D eigenvalue weighted by molar-refractivity contribution is 5.71. The average molecular weight is 853 g/mol. The Morgan fingerprint density at radius 3 is 1.03 bits per heavy atom. The van der Waals surface area contributed by atoms with Crippen LogP contribution in [0.25, 0.3) is 0 Å². The topological polar surface area (TPSA) is 78.9 Å². The molecule has 0 aliphatic carbocycles. The minimum absolute atomic E-state index is 0.0938. The Morgan fingerprint density at radius 2 is 0.607 bits per heavy atom. The van der Waals surface area contributed by atoms with Crippen molar-refractivity contribution in [1.82, 2.24) is 0 Å². The number of rotatable bonds is 46. The normalized spacial score (nSPS) is 12.5. The van der Waals surface area contributed by atoms with Gasteiger partial charge in [-0.1, -0.05) is 210 Å². The van der Waals surface area contributed by atoms with Crippen LogP contribution in [-0.4, -0.2) is 37.2 Å². The molecule has 0 saturated carbocycles. The van der Waals surface area contributed by atoms with Crippen LogP contribution in [-0.2, 0) is 28.6 Å². The number of carbonyl (C=O) groups excluding carboxylic acids is 3. The first-order chi connectivity index (χ1) is 30.0. The van der Waals surface area contributed by atoms with E-state index in [1.54, 1.807) is 0 Å².